The summed E-state index contributed by atoms with van der Waals surface area (Å²) in [7, 11) is 0. The fourth-order valence-electron chi connectivity index (χ4n) is 8.49. The van der Waals surface area contributed by atoms with Gasteiger partial charge in [-0.3, -0.25) is 0 Å². The number of rotatable bonds is 17. The van der Waals surface area contributed by atoms with Gasteiger partial charge in [-0.15, -0.1) is 0 Å². The van der Waals surface area contributed by atoms with Gasteiger partial charge in [0.25, 0.3) is 0 Å². The van der Waals surface area contributed by atoms with Crippen molar-refractivity contribution in [3.8, 4) is 0 Å². The lowest BCUT2D eigenvalue weighted by molar-refractivity contribution is -0.424. The molecule has 6 saturated heterocycles. The summed E-state index contributed by atoms with van der Waals surface area (Å²) in [6.07, 6.45) is -56.6. The molecular formula is C36H62O31. The van der Waals surface area contributed by atoms with Crippen LogP contribution in [0.1, 0.15) is 0 Å². The Balaban J connectivity index is 1.33. The summed E-state index contributed by atoms with van der Waals surface area (Å²) in [4.78, 5) is 0. The molecule has 0 unspecified atom stereocenters. The molecule has 0 spiro atoms. The fraction of sp³-hybridized carbons (Fsp3) is 1.00. The van der Waals surface area contributed by atoms with Crippen molar-refractivity contribution >= 4 is 0 Å². The van der Waals surface area contributed by atoms with E-state index >= 15 is 0 Å². The minimum atomic E-state index is -2.66. The summed E-state index contributed by atoms with van der Waals surface area (Å²) in [5.74, 6) is -2.66. The van der Waals surface area contributed by atoms with Crippen LogP contribution in [-0.4, -0.2) is 326 Å². The van der Waals surface area contributed by atoms with Gasteiger partial charge in [0.1, 0.15) is 147 Å². The molecule has 0 aromatic carbocycles. The molecule has 0 aromatic heterocycles. The zero-order valence-corrected chi connectivity index (χ0v) is 35.1. The third kappa shape index (κ3) is 10.8. The third-order valence-corrected chi connectivity index (χ3v) is 12.5. The van der Waals surface area contributed by atoms with E-state index in [1.54, 1.807) is 0 Å². The largest absolute Gasteiger partial charge is 0.394 e. The number of hydrogen-bond acceptors (Lipinski definition) is 31. The molecule has 20 N–H and O–H groups in total. The van der Waals surface area contributed by atoms with E-state index in [9.17, 15) is 102 Å². The molecule has 0 saturated carbocycles. The van der Waals surface area contributed by atoms with Gasteiger partial charge in [-0.1, -0.05) is 0 Å². The first kappa shape index (κ1) is 55.1. The van der Waals surface area contributed by atoms with Crippen LogP contribution in [0.2, 0.25) is 0 Å². The van der Waals surface area contributed by atoms with Crippen molar-refractivity contribution < 1.29 is 154 Å². The van der Waals surface area contributed by atoms with Crippen molar-refractivity contribution in [1.82, 2.24) is 0 Å². The Labute approximate surface area is 378 Å². The molecule has 0 bridgehead atoms. The molecule has 6 aliphatic heterocycles. The van der Waals surface area contributed by atoms with Crippen molar-refractivity contribution in [2.75, 3.05) is 46.2 Å². The van der Waals surface area contributed by atoms with Crippen LogP contribution in [0.4, 0.5) is 0 Å². The molecule has 6 heterocycles. The van der Waals surface area contributed by atoms with Gasteiger partial charge in [0.05, 0.1) is 39.6 Å². The van der Waals surface area contributed by atoms with Crippen LogP contribution < -0.4 is 0 Å². The average molecular weight is 991 g/mol. The molecule has 31 heteroatoms. The second-order valence-electron chi connectivity index (χ2n) is 16.8. The second kappa shape index (κ2) is 23.1. The first-order valence-corrected chi connectivity index (χ1v) is 21.1. The van der Waals surface area contributed by atoms with Gasteiger partial charge in [0.2, 0.25) is 5.79 Å². The maximum Gasteiger partial charge on any atom is 0.224 e. The fourth-order valence-corrected chi connectivity index (χ4v) is 8.49. The Kier molecular flexibility index (Phi) is 19.0. The second-order valence-corrected chi connectivity index (χ2v) is 16.8. The molecule has 29 atom stereocenters. The summed E-state index contributed by atoms with van der Waals surface area (Å²) >= 11 is 0. The van der Waals surface area contributed by atoms with Crippen LogP contribution in [0.3, 0.4) is 0 Å². The average Bonchev–Trinajstić information content (AvgIpc) is 3.57. The van der Waals surface area contributed by atoms with Crippen LogP contribution in [0, 0.1) is 0 Å². The van der Waals surface area contributed by atoms with E-state index in [2.05, 4.69) is 0 Å². The minimum Gasteiger partial charge on any atom is -0.394 e. The van der Waals surface area contributed by atoms with Gasteiger partial charge in [-0.25, -0.2) is 0 Å². The molecule has 0 radical (unpaired) electrons. The maximum atomic E-state index is 11.5. The van der Waals surface area contributed by atoms with E-state index in [4.69, 9.17) is 52.1 Å². The minimum absolute atomic E-state index is 0.909. The first-order valence-electron chi connectivity index (χ1n) is 21.1. The SMILES string of the molecule is OC[C@H]1O[C@@](CO)(O[C@H]2O[C@H](CO)[C@@H](O)[C@H](O)[C@H]2O[C@H]2O[C@H](CO)[C@@H](O)[C@H](O)[C@H]2O[C@H]2O[C@H](CO)[C@@H](O)[C@H](O)[C@H]2O[C@H]2O[C@H](CO)[C@@H](O)[C@H](O)[C@H]2O[C@H]2O[C@H](CO)[C@@H](O)[C@H](O)[C@H]2O)[C@@H](O)[C@@H]1O. The highest BCUT2D eigenvalue weighted by Gasteiger charge is 2.61. The van der Waals surface area contributed by atoms with Crippen LogP contribution in [-0.2, 0) is 52.1 Å². The van der Waals surface area contributed by atoms with E-state index in [0.717, 1.165) is 0 Å². The molecule has 0 amide bonds. The standard InChI is InChI=1S/C36H62O31/c37-1-8-14(44)20(50)25(55)31(57-8)62-26-21(51)15(45)9(2-38)58-32(26)63-27-22(52)16(46)10(3-39)59-33(27)64-28-23(53)17(47)11(4-40)60-34(28)65-29-24(54)18(48)12(5-41)61-35(29)67-36(7-43)30(56)19(49)13(6-42)66-36/h8-35,37-56H,1-7H2/t8-,9-,10-,11-,12-,13-,14-,15-,16-,17-,18-,19-,20+,21+,22+,23+,24+,25-,26-,27-,28-,29-,30+,31-,32-,33-,34-,35-,36+/m1/s1. The molecule has 67 heavy (non-hydrogen) atoms. The van der Waals surface area contributed by atoms with E-state index < -0.39 is 224 Å². The summed E-state index contributed by atoms with van der Waals surface area (Å²) in [5, 5.41) is 211. The van der Waals surface area contributed by atoms with Crippen LogP contribution in [0.15, 0.2) is 0 Å². The van der Waals surface area contributed by atoms with Gasteiger partial charge in [0.15, 0.2) is 31.5 Å². The maximum absolute atomic E-state index is 11.5. The molecule has 6 fully saturated rings. The predicted molar refractivity (Wildman–Crippen MR) is 199 cm³/mol. The summed E-state index contributed by atoms with van der Waals surface area (Å²) < 4.78 is 62.6. The predicted octanol–water partition coefficient (Wildman–Crippen LogP) is -14.1. The zero-order valence-electron chi connectivity index (χ0n) is 35.1. The van der Waals surface area contributed by atoms with E-state index in [-0.39, 0.29) is 0 Å². The topological polar surface area (TPSA) is 506 Å². The first-order chi connectivity index (χ1) is 31.8. The Morgan fingerprint density at radius 1 is 0.299 bits per heavy atom. The van der Waals surface area contributed by atoms with Crippen LogP contribution in [0.25, 0.3) is 0 Å². The van der Waals surface area contributed by atoms with Crippen LogP contribution >= 0.6 is 0 Å². The summed E-state index contributed by atoms with van der Waals surface area (Å²) in [5.41, 5.74) is 0. The van der Waals surface area contributed by atoms with E-state index in [0.29, 0.717) is 0 Å². The Morgan fingerprint density at radius 2 is 0.582 bits per heavy atom. The van der Waals surface area contributed by atoms with Crippen molar-refractivity contribution in [1.29, 1.82) is 0 Å². The van der Waals surface area contributed by atoms with Gasteiger partial charge in [0, 0.05) is 0 Å². The quantitative estimate of drug-likeness (QED) is 0.0643. The number of aliphatic hydroxyl groups is 20. The number of ether oxygens (including phenoxy) is 11. The molecule has 392 valence electrons. The number of aliphatic hydroxyl groups excluding tert-OH is 20. The Bertz CT molecular complexity index is 1520. The van der Waals surface area contributed by atoms with Gasteiger partial charge in [-0.2, -0.15) is 0 Å². The Hall–Kier alpha value is -1.24. The van der Waals surface area contributed by atoms with Gasteiger partial charge < -0.3 is 154 Å². The van der Waals surface area contributed by atoms with Crippen LogP contribution in [0.5, 0.6) is 0 Å². The highest BCUT2D eigenvalue weighted by molar-refractivity contribution is 5.01. The molecular weight excluding hydrogens is 928 g/mol. The summed E-state index contributed by atoms with van der Waals surface area (Å²) in [6, 6.07) is 0. The Morgan fingerprint density at radius 3 is 0.896 bits per heavy atom. The summed E-state index contributed by atoms with van der Waals surface area (Å²) in [6.45, 7) is -7.21. The third-order valence-electron chi connectivity index (χ3n) is 12.5. The molecule has 0 aliphatic carbocycles. The molecule has 0 aromatic rings. The smallest absolute Gasteiger partial charge is 0.224 e. The van der Waals surface area contributed by atoms with E-state index in [1.807, 2.05) is 0 Å². The highest BCUT2D eigenvalue weighted by Crippen LogP contribution is 2.40. The highest BCUT2D eigenvalue weighted by atomic mass is 16.8. The normalized spacial score (nSPS) is 53.2. The lowest BCUT2D eigenvalue weighted by Crippen LogP contribution is -2.69. The van der Waals surface area contributed by atoms with Crippen molar-refractivity contribution in [3.63, 3.8) is 0 Å². The van der Waals surface area contributed by atoms with Crippen molar-refractivity contribution in [2.24, 2.45) is 0 Å². The van der Waals surface area contributed by atoms with Crippen molar-refractivity contribution in [2.45, 2.75) is 178 Å². The molecule has 6 aliphatic rings. The monoisotopic (exact) mass is 990 g/mol. The number of hydrogen-bond donors (Lipinski definition) is 20. The van der Waals surface area contributed by atoms with Gasteiger partial charge in [-0.05, 0) is 0 Å². The lowest BCUT2D eigenvalue weighted by Gasteiger charge is -2.50. The zero-order chi connectivity index (χ0) is 49.4. The lowest BCUT2D eigenvalue weighted by atomic mass is 9.95. The molecule has 6 rings (SSSR count). The van der Waals surface area contributed by atoms with E-state index in [1.165, 1.54) is 0 Å². The van der Waals surface area contributed by atoms with Gasteiger partial charge >= 0.3 is 0 Å². The van der Waals surface area contributed by atoms with Crippen molar-refractivity contribution in [3.05, 3.63) is 0 Å². The molecule has 31 nitrogen and oxygen atoms in total.